The van der Waals surface area contributed by atoms with Crippen molar-refractivity contribution < 1.29 is 4.79 Å². The molecule has 5 heteroatoms. The predicted molar refractivity (Wildman–Crippen MR) is 98.5 cm³/mol. The first-order valence-corrected chi connectivity index (χ1v) is 8.98. The average Bonchev–Trinajstić information content (AvgIpc) is 3.13. The Morgan fingerprint density at radius 1 is 1.04 bits per heavy atom. The summed E-state index contributed by atoms with van der Waals surface area (Å²) in [5, 5.41) is 7.18. The Morgan fingerprint density at radius 3 is 2.50 bits per heavy atom. The number of amides is 1. The maximum Gasteiger partial charge on any atom is 0.254 e. The Hall–Kier alpha value is -2.53. The third-order valence-corrected chi connectivity index (χ3v) is 4.54. The van der Waals surface area contributed by atoms with E-state index >= 15 is 0 Å². The van der Waals surface area contributed by atoms with Crippen molar-refractivity contribution in [2.45, 2.75) is 5.75 Å². The van der Waals surface area contributed by atoms with Crippen molar-refractivity contribution >= 4 is 17.7 Å². The van der Waals surface area contributed by atoms with E-state index in [4.69, 9.17) is 0 Å². The van der Waals surface area contributed by atoms with E-state index in [-0.39, 0.29) is 5.91 Å². The summed E-state index contributed by atoms with van der Waals surface area (Å²) in [6.45, 7) is 0.646. The second kappa shape index (κ2) is 8.36. The number of nitrogens with zero attached hydrogens (tertiary/aromatic N) is 2. The van der Waals surface area contributed by atoms with Crippen LogP contribution in [0.15, 0.2) is 73.1 Å². The standard InChI is InChI=1S/C19H19N3OS/c23-19(20-11-12-24-15-16-7-3-1-4-8-16)17-13-21-22(14-17)18-9-5-2-6-10-18/h1-10,13-14H,11-12,15H2,(H,20,23). The van der Waals surface area contributed by atoms with E-state index in [0.29, 0.717) is 12.1 Å². The van der Waals surface area contributed by atoms with Crippen LogP contribution in [0.4, 0.5) is 0 Å². The zero-order chi connectivity index (χ0) is 16.6. The molecule has 3 rings (SSSR count). The highest BCUT2D eigenvalue weighted by Crippen LogP contribution is 2.11. The molecule has 0 aliphatic heterocycles. The first kappa shape index (κ1) is 16.3. The third kappa shape index (κ3) is 4.49. The van der Waals surface area contributed by atoms with Crippen LogP contribution in [0.25, 0.3) is 5.69 Å². The molecule has 24 heavy (non-hydrogen) atoms. The number of aromatic nitrogens is 2. The molecule has 2 aromatic carbocycles. The van der Waals surface area contributed by atoms with Gasteiger partial charge in [0.25, 0.3) is 5.91 Å². The van der Waals surface area contributed by atoms with E-state index in [2.05, 4.69) is 22.5 Å². The number of hydrogen-bond donors (Lipinski definition) is 1. The lowest BCUT2D eigenvalue weighted by molar-refractivity contribution is 0.0956. The number of para-hydroxylation sites is 1. The average molecular weight is 337 g/mol. The predicted octanol–water partition coefficient (Wildman–Crippen LogP) is 3.54. The maximum atomic E-state index is 12.1. The Kier molecular flexibility index (Phi) is 5.69. The smallest absolute Gasteiger partial charge is 0.254 e. The molecule has 3 aromatic rings. The van der Waals surface area contributed by atoms with Gasteiger partial charge in [-0.25, -0.2) is 4.68 Å². The van der Waals surface area contributed by atoms with Gasteiger partial charge in [-0.2, -0.15) is 16.9 Å². The molecule has 0 fully saturated rings. The Bertz CT molecular complexity index is 772. The summed E-state index contributed by atoms with van der Waals surface area (Å²) in [5.41, 5.74) is 2.82. The van der Waals surface area contributed by atoms with Gasteiger partial charge >= 0.3 is 0 Å². The van der Waals surface area contributed by atoms with Crippen LogP contribution in [0.1, 0.15) is 15.9 Å². The first-order valence-electron chi connectivity index (χ1n) is 7.83. The van der Waals surface area contributed by atoms with Gasteiger partial charge in [-0.3, -0.25) is 4.79 Å². The maximum absolute atomic E-state index is 12.1. The van der Waals surface area contributed by atoms with Crippen molar-refractivity contribution in [1.29, 1.82) is 0 Å². The van der Waals surface area contributed by atoms with Gasteiger partial charge < -0.3 is 5.32 Å². The largest absolute Gasteiger partial charge is 0.351 e. The second-order valence-corrected chi connectivity index (χ2v) is 6.41. The van der Waals surface area contributed by atoms with E-state index in [0.717, 1.165) is 17.2 Å². The van der Waals surface area contributed by atoms with Gasteiger partial charge in [0.2, 0.25) is 0 Å². The zero-order valence-electron chi connectivity index (χ0n) is 13.3. The molecular weight excluding hydrogens is 318 g/mol. The minimum Gasteiger partial charge on any atom is -0.351 e. The van der Waals surface area contributed by atoms with Crippen molar-refractivity contribution in [3.05, 3.63) is 84.2 Å². The molecule has 0 unspecified atom stereocenters. The van der Waals surface area contributed by atoms with Crippen LogP contribution in [0.5, 0.6) is 0 Å². The van der Waals surface area contributed by atoms with Crippen LogP contribution in [0.3, 0.4) is 0 Å². The lowest BCUT2D eigenvalue weighted by atomic mass is 10.2. The van der Waals surface area contributed by atoms with E-state index in [1.54, 1.807) is 17.1 Å². The van der Waals surface area contributed by atoms with Crippen molar-refractivity contribution in [2.75, 3.05) is 12.3 Å². The molecular formula is C19H19N3OS. The highest BCUT2D eigenvalue weighted by Gasteiger charge is 2.08. The molecule has 0 saturated carbocycles. The fraction of sp³-hybridized carbons (Fsp3) is 0.158. The van der Waals surface area contributed by atoms with Crippen molar-refractivity contribution in [3.63, 3.8) is 0 Å². The molecule has 122 valence electrons. The SMILES string of the molecule is O=C(NCCSCc1ccccc1)c1cnn(-c2ccccc2)c1. The monoisotopic (exact) mass is 337 g/mol. The summed E-state index contributed by atoms with van der Waals surface area (Å²) in [6.07, 6.45) is 3.35. The molecule has 0 saturated heterocycles. The minimum atomic E-state index is -0.0857. The zero-order valence-corrected chi connectivity index (χ0v) is 14.1. The van der Waals surface area contributed by atoms with Crippen LogP contribution in [0.2, 0.25) is 0 Å². The summed E-state index contributed by atoms with van der Waals surface area (Å²) >= 11 is 1.81. The van der Waals surface area contributed by atoms with Crippen LogP contribution in [-0.2, 0) is 5.75 Å². The number of thioether (sulfide) groups is 1. The molecule has 1 aromatic heterocycles. The molecule has 4 nitrogen and oxygen atoms in total. The van der Waals surface area contributed by atoms with Gasteiger partial charge in [-0.05, 0) is 17.7 Å². The van der Waals surface area contributed by atoms with Crippen molar-refractivity contribution in [1.82, 2.24) is 15.1 Å². The number of nitrogens with one attached hydrogen (secondary N) is 1. The topological polar surface area (TPSA) is 46.9 Å². The third-order valence-electron chi connectivity index (χ3n) is 3.51. The van der Waals surface area contributed by atoms with Gasteiger partial charge in [-0.1, -0.05) is 48.5 Å². The molecule has 1 heterocycles. The summed E-state index contributed by atoms with van der Waals surface area (Å²) < 4.78 is 1.71. The van der Waals surface area contributed by atoms with Gasteiger partial charge in [0.05, 0.1) is 17.4 Å². The highest BCUT2D eigenvalue weighted by molar-refractivity contribution is 7.98. The number of rotatable bonds is 7. The highest BCUT2D eigenvalue weighted by atomic mass is 32.2. The van der Waals surface area contributed by atoms with Crippen LogP contribution in [-0.4, -0.2) is 28.0 Å². The molecule has 1 amide bonds. The van der Waals surface area contributed by atoms with Gasteiger partial charge in [0.15, 0.2) is 0 Å². The Balaban J connectivity index is 1.43. The van der Waals surface area contributed by atoms with Crippen molar-refractivity contribution in [2.24, 2.45) is 0 Å². The van der Waals surface area contributed by atoms with E-state index in [1.807, 2.05) is 60.3 Å². The number of carbonyl (C=O) groups excluding carboxylic acids is 1. The lowest BCUT2D eigenvalue weighted by Crippen LogP contribution is -2.25. The van der Waals surface area contributed by atoms with E-state index < -0.39 is 0 Å². The minimum absolute atomic E-state index is 0.0857. The molecule has 0 bridgehead atoms. The summed E-state index contributed by atoms with van der Waals surface area (Å²) in [6, 6.07) is 20.1. The summed E-state index contributed by atoms with van der Waals surface area (Å²) in [7, 11) is 0. The number of carbonyl (C=O) groups is 1. The van der Waals surface area contributed by atoms with Crippen LogP contribution in [0, 0.1) is 0 Å². The quantitative estimate of drug-likeness (QED) is 0.671. The molecule has 0 aliphatic rings. The van der Waals surface area contributed by atoms with Crippen molar-refractivity contribution in [3.8, 4) is 5.69 Å². The summed E-state index contributed by atoms with van der Waals surface area (Å²) in [4.78, 5) is 12.1. The Morgan fingerprint density at radius 2 is 1.75 bits per heavy atom. The summed E-state index contributed by atoms with van der Waals surface area (Å²) in [5.74, 6) is 1.76. The fourth-order valence-electron chi connectivity index (χ4n) is 2.27. The lowest BCUT2D eigenvalue weighted by Gasteiger charge is -2.04. The van der Waals surface area contributed by atoms with Crippen LogP contribution >= 0.6 is 11.8 Å². The molecule has 0 atom stereocenters. The second-order valence-electron chi connectivity index (χ2n) is 5.30. The Labute approximate surface area is 145 Å². The molecule has 0 radical (unpaired) electrons. The number of benzene rings is 2. The van der Waals surface area contributed by atoms with Gasteiger partial charge in [0.1, 0.15) is 0 Å². The fourth-order valence-corrected chi connectivity index (χ4v) is 3.08. The normalized spacial score (nSPS) is 10.5. The molecule has 0 spiro atoms. The van der Waals surface area contributed by atoms with E-state index in [9.17, 15) is 4.79 Å². The molecule has 1 N–H and O–H groups in total. The van der Waals surface area contributed by atoms with Gasteiger partial charge in [-0.15, -0.1) is 0 Å². The number of hydrogen-bond acceptors (Lipinski definition) is 3. The van der Waals surface area contributed by atoms with E-state index in [1.165, 1.54) is 5.56 Å². The van der Waals surface area contributed by atoms with Crippen LogP contribution < -0.4 is 5.32 Å². The first-order chi connectivity index (χ1) is 11.8. The van der Waals surface area contributed by atoms with Gasteiger partial charge in [0, 0.05) is 24.2 Å². The molecule has 0 aliphatic carbocycles.